The van der Waals surface area contributed by atoms with E-state index in [-0.39, 0.29) is 30.4 Å². The molecule has 0 spiro atoms. The van der Waals surface area contributed by atoms with E-state index in [4.69, 9.17) is 11.6 Å². The molecule has 2 rings (SSSR count). The lowest BCUT2D eigenvalue weighted by Crippen LogP contribution is -2.58. The predicted molar refractivity (Wildman–Crippen MR) is 71.7 cm³/mol. The Bertz CT molecular complexity index is 474. The summed E-state index contributed by atoms with van der Waals surface area (Å²) in [6.07, 6.45) is 0.612. The second kappa shape index (κ2) is 5.28. The molecule has 1 N–H and O–H groups in total. The molecule has 1 fully saturated rings. The van der Waals surface area contributed by atoms with Gasteiger partial charge in [-0.15, -0.1) is 11.3 Å². The molecule has 0 saturated carbocycles. The lowest BCUT2D eigenvalue weighted by Gasteiger charge is -2.38. The van der Waals surface area contributed by atoms with Gasteiger partial charge in [-0.1, -0.05) is 18.5 Å². The fraction of sp³-hybridized carbons (Fsp3) is 0.500. The van der Waals surface area contributed by atoms with Crippen LogP contribution in [0.25, 0.3) is 0 Å². The molecule has 1 aromatic rings. The van der Waals surface area contributed by atoms with Gasteiger partial charge >= 0.3 is 0 Å². The van der Waals surface area contributed by atoms with Crippen molar-refractivity contribution in [3.05, 3.63) is 21.3 Å². The summed E-state index contributed by atoms with van der Waals surface area (Å²) < 4.78 is 0.693. The van der Waals surface area contributed by atoms with Crippen molar-refractivity contribution >= 4 is 34.8 Å². The molecule has 18 heavy (non-hydrogen) atoms. The van der Waals surface area contributed by atoms with E-state index < -0.39 is 0 Å². The van der Waals surface area contributed by atoms with Crippen LogP contribution in [0.3, 0.4) is 0 Å². The quantitative estimate of drug-likeness (QED) is 0.926. The highest BCUT2D eigenvalue weighted by atomic mass is 35.5. The second-order valence-corrected chi connectivity index (χ2v) is 6.01. The Labute approximate surface area is 115 Å². The minimum Gasteiger partial charge on any atom is -0.345 e. The molecule has 2 atom stereocenters. The lowest BCUT2D eigenvalue weighted by atomic mass is 10.1. The molecule has 1 aliphatic rings. The Morgan fingerprint density at radius 2 is 2.28 bits per heavy atom. The number of hydrogen-bond donors (Lipinski definition) is 1. The van der Waals surface area contributed by atoms with Crippen LogP contribution in [-0.4, -0.2) is 29.3 Å². The number of amides is 2. The maximum absolute atomic E-state index is 12.0. The van der Waals surface area contributed by atoms with Crippen molar-refractivity contribution < 1.29 is 9.59 Å². The van der Waals surface area contributed by atoms with E-state index in [1.54, 1.807) is 4.90 Å². The smallest absolute Gasteiger partial charge is 0.243 e. The van der Waals surface area contributed by atoms with Crippen LogP contribution in [0, 0.1) is 0 Å². The SMILES string of the molecule is CCC1C(=O)NCC(=O)N1C(C)c1ccc(Cl)s1. The topological polar surface area (TPSA) is 49.4 Å². The molecule has 0 aromatic carbocycles. The largest absolute Gasteiger partial charge is 0.345 e. The summed E-state index contributed by atoms with van der Waals surface area (Å²) in [6, 6.07) is 3.21. The molecular formula is C12H15ClN2O2S. The Hall–Kier alpha value is -1.07. The highest BCUT2D eigenvalue weighted by Gasteiger charge is 2.36. The minimum atomic E-state index is -0.387. The number of nitrogens with zero attached hydrogens (tertiary/aromatic N) is 1. The van der Waals surface area contributed by atoms with Crippen molar-refractivity contribution in [1.82, 2.24) is 10.2 Å². The van der Waals surface area contributed by atoms with Gasteiger partial charge in [0.2, 0.25) is 11.8 Å². The molecule has 2 heterocycles. The van der Waals surface area contributed by atoms with Gasteiger partial charge in [0.1, 0.15) is 6.04 Å². The number of carbonyl (C=O) groups excluding carboxylic acids is 2. The predicted octanol–water partition coefficient (Wildman–Crippen LogP) is 2.20. The molecule has 98 valence electrons. The van der Waals surface area contributed by atoms with E-state index >= 15 is 0 Å². The van der Waals surface area contributed by atoms with Gasteiger partial charge in [-0.3, -0.25) is 9.59 Å². The van der Waals surface area contributed by atoms with Crippen molar-refractivity contribution in [3.63, 3.8) is 0 Å². The first-order chi connectivity index (χ1) is 8.54. The fourth-order valence-corrected chi connectivity index (χ4v) is 3.34. The van der Waals surface area contributed by atoms with Gasteiger partial charge in [0.15, 0.2) is 0 Å². The van der Waals surface area contributed by atoms with Crippen molar-refractivity contribution in [2.24, 2.45) is 0 Å². The Morgan fingerprint density at radius 3 is 2.83 bits per heavy atom. The molecule has 1 saturated heterocycles. The van der Waals surface area contributed by atoms with E-state index in [1.807, 2.05) is 26.0 Å². The third-order valence-corrected chi connectivity index (χ3v) is 4.55. The molecule has 1 aromatic heterocycles. The zero-order chi connectivity index (χ0) is 13.3. The lowest BCUT2D eigenvalue weighted by molar-refractivity contribution is -0.148. The minimum absolute atomic E-state index is 0.0431. The molecular weight excluding hydrogens is 272 g/mol. The number of hydrogen-bond acceptors (Lipinski definition) is 3. The highest BCUT2D eigenvalue weighted by molar-refractivity contribution is 7.16. The van der Waals surface area contributed by atoms with E-state index in [1.165, 1.54) is 11.3 Å². The van der Waals surface area contributed by atoms with Gasteiger partial charge in [-0.2, -0.15) is 0 Å². The average molecular weight is 287 g/mol. The molecule has 2 amide bonds. The maximum Gasteiger partial charge on any atom is 0.243 e. The second-order valence-electron chi connectivity index (χ2n) is 4.26. The van der Waals surface area contributed by atoms with Crippen LogP contribution in [0.2, 0.25) is 4.34 Å². The normalized spacial score (nSPS) is 21.9. The van der Waals surface area contributed by atoms with Gasteiger partial charge < -0.3 is 10.2 Å². The standard InChI is InChI=1S/C12H15ClN2O2S/c1-3-8-12(17)14-6-11(16)15(8)7(2)9-4-5-10(13)18-9/h4-5,7-8H,3,6H2,1-2H3,(H,14,17). The van der Waals surface area contributed by atoms with Crippen LogP contribution in [0.5, 0.6) is 0 Å². The van der Waals surface area contributed by atoms with Crippen molar-refractivity contribution in [1.29, 1.82) is 0 Å². The summed E-state index contributed by atoms with van der Waals surface area (Å²) in [6.45, 7) is 3.92. The first kappa shape index (κ1) is 13.4. The summed E-state index contributed by atoms with van der Waals surface area (Å²) in [4.78, 5) is 26.5. The van der Waals surface area contributed by atoms with Gasteiger partial charge in [0, 0.05) is 4.88 Å². The fourth-order valence-electron chi connectivity index (χ4n) is 2.23. The van der Waals surface area contributed by atoms with E-state index in [0.29, 0.717) is 10.8 Å². The molecule has 4 nitrogen and oxygen atoms in total. The maximum atomic E-state index is 12.0. The number of thiophene rings is 1. The van der Waals surface area contributed by atoms with E-state index in [2.05, 4.69) is 5.32 Å². The third kappa shape index (κ3) is 2.37. The zero-order valence-electron chi connectivity index (χ0n) is 10.3. The Balaban J connectivity index is 2.27. The van der Waals surface area contributed by atoms with Gasteiger partial charge in [-0.05, 0) is 25.5 Å². The first-order valence-corrected chi connectivity index (χ1v) is 7.08. The number of halogens is 1. The van der Waals surface area contributed by atoms with Crippen LogP contribution in [0.15, 0.2) is 12.1 Å². The summed E-state index contributed by atoms with van der Waals surface area (Å²) in [7, 11) is 0. The third-order valence-electron chi connectivity index (χ3n) is 3.15. The van der Waals surface area contributed by atoms with Crippen LogP contribution in [-0.2, 0) is 9.59 Å². The van der Waals surface area contributed by atoms with E-state index in [9.17, 15) is 9.59 Å². The van der Waals surface area contributed by atoms with Crippen molar-refractivity contribution in [3.8, 4) is 0 Å². The summed E-state index contributed by atoms with van der Waals surface area (Å²) in [5, 5.41) is 2.62. The summed E-state index contributed by atoms with van der Waals surface area (Å²) in [5.74, 6) is -0.120. The Morgan fingerprint density at radius 1 is 1.56 bits per heavy atom. The molecule has 0 radical (unpaired) electrons. The number of carbonyl (C=O) groups is 2. The monoisotopic (exact) mass is 286 g/mol. The summed E-state index contributed by atoms with van der Waals surface area (Å²) in [5.41, 5.74) is 0. The average Bonchev–Trinajstić information content (AvgIpc) is 2.77. The summed E-state index contributed by atoms with van der Waals surface area (Å²) >= 11 is 7.36. The van der Waals surface area contributed by atoms with Gasteiger partial charge in [-0.25, -0.2) is 0 Å². The van der Waals surface area contributed by atoms with Gasteiger partial charge in [0.25, 0.3) is 0 Å². The molecule has 2 unspecified atom stereocenters. The van der Waals surface area contributed by atoms with Crippen LogP contribution in [0.4, 0.5) is 0 Å². The highest BCUT2D eigenvalue weighted by Crippen LogP contribution is 2.32. The molecule has 1 aliphatic heterocycles. The number of rotatable bonds is 3. The molecule has 6 heteroatoms. The Kier molecular flexibility index (Phi) is 3.92. The van der Waals surface area contributed by atoms with E-state index in [0.717, 1.165) is 4.88 Å². The van der Waals surface area contributed by atoms with Gasteiger partial charge in [0.05, 0.1) is 16.9 Å². The number of nitrogens with one attached hydrogen (secondary N) is 1. The van der Waals surface area contributed by atoms with Crippen LogP contribution < -0.4 is 5.32 Å². The van der Waals surface area contributed by atoms with Crippen LogP contribution >= 0.6 is 22.9 Å². The molecule has 0 aliphatic carbocycles. The first-order valence-electron chi connectivity index (χ1n) is 5.88. The molecule has 0 bridgehead atoms. The van der Waals surface area contributed by atoms with Crippen LogP contribution in [0.1, 0.15) is 31.2 Å². The zero-order valence-corrected chi connectivity index (χ0v) is 11.8. The number of piperazine rings is 1. The van der Waals surface area contributed by atoms with Crippen molar-refractivity contribution in [2.45, 2.75) is 32.4 Å². The van der Waals surface area contributed by atoms with Crippen molar-refractivity contribution in [2.75, 3.05) is 6.54 Å².